The molecular formula is C15H12BrCl2NO. The molecule has 0 bridgehead atoms. The molecule has 0 aromatic heterocycles. The molecule has 2 rings (SSSR count). The zero-order valence-corrected chi connectivity index (χ0v) is 14.0. The number of hydrogen-bond donors (Lipinski definition) is 1. The number of benzene rings is 2. The van der Waals surface area contributed by atoms with E-state index in [2.05, 4.69) is 21.2 Å². The van der Waals surface area contributed by atoms with Gasteiger partial charge in [0.25, 0.3) is 5.91 Å². The summed E-state index contributed by atoms with van der Waals surface area (Å²) >= 11 is 15.7. The van der Waals surface area contributed by atoms with Gasteiger partial charge in [0.1, 0.15) is 0 Å². The summed E-state index contributed by atoms with van der Waals surface area (Å²) in [6.07, 6.45) is 0. The number of anilines is 1. The number of carbonyl (C=O) groups excluding carboxylic acids is 1. The maximum atomic E-state index is 12.3. The average Bonchev–Trinajstić information content (AvgIpc) is 2.42. The van der Waals surface area contributed by atoms with Crippen LogP contribution >= 0.6 is 39.1 Å². The number of carbonyl (C=O) groups is 1. The van der Waals surface area contributed by atoms with Crippen LogP contribution in [0.25, 0.3) is 0 Å². The van der Waals surface area contributed by atoms with E-state index in [9.17, 15) is 4.79 Å². The van der Waals surface area contributed by atoms with Crippen LogP contribution in [0.3, 0.4) is 0 Å². The second-order valence-electron chi connectivity index (χ2n) is 4.44. The highest BCUT2D eigenvalue weighted by atomic mass is 79.9. The summed E-state index contributed by atoms with van der Waals surface area (Å²) in [7, 11) is 0. The monoisotopic (exact) mass is 371 g/mol. The smallest absolute Gasteiger partial charge is 0.256 e. The fourth-order valence-electron chi connectivity index (χ4n) is 1.77. The van der Waals surface area contributed by atoms with Crippen molar-refractivity contribution in [3.05, 3.63) is 61.5 Å². The van der Waals surface area contributed by atoms with Gasteiger partial charge in [0.2, 0.25) is 0 Å². The van der Waals surface area contributed by atoms with Gasteiger partial charge in [-0.3, -0.25) is 4.79 Å². The maximum absolute atomic E-state index is 12.3. The van der Waals surface area contributed by atoms with Gasteiger partial charge < -0.3 is 5.32 Å². The topological polar surface area (TPSA) is 29.1 Å². The van der Waals surface area contributed by atoms with Crippen molar-refractivity contribution >= 4 is 50.7 Å². The molecule has 1 N–H and O–H groups in total. The van der Waals surface area contributed by atoms with E-state index >= 15 is 0 Å². The SMILES string of the molecule is Cc1ccc(Cl)c(NC(=O)c2cccc(C)c2Br)c1Cl. The lowest BCUT2D eigenvalue weighted by atomic mass is 10.1. The quantitative estimate of drug-likeness (QED) is 0.727. The predicted molar refractivity (Wildman–Crippen MR) is 88.0 cm³/mol. The third kappa shape index (κ3) is 3.00. The third-order valence-corrected chi connectivity index (χ3v) is 4.81. The van der Waals surface area contributed by atoms with Gasteiger partial charge >= 0.3 is 0 Å². The molecule has 20 heavy (non-hydrogen) atoms. The number of halogens is 3. The molecular weight excluding hydrogens is 361 g/mol. The van der Waals surface area contributed by atoms with Crippen LogP contribution in [0.1, 0.15) is 21.5 Å². The molecule has 104 valence electrons. The maximum Gasteiger partial charge on any atom is 0.256 e. The minimum atomic E-state index is -0.255. The Balaban J connectivity index is 2.38. The van der Waals surface area contributed by atoms with E-state index < -0.39 is 0 Å². The van der Waals surface area contributed by atoms with Gasteiger partial charge in [0.15, 0.2) is 0 Å². The van der Waals surface area contributed by atoms with Crippen LogP contribution in [0.4, 0.5) is 5.69 Å². The van der Waals surface area contributed by atoms with Crippen LogP contribution in [0, 0.1) is 13.8 Å². The van der Waals surface area contributed by atoms with E-state index in [0.29, 0.717) is 21.3 Å². The molecule has 0 aliphatic heterocycles. The van der Waals surface area contributed by atoms with Crippen molar-refractivity contribution in [2.75, 3.05) is 5.32 Å². The zero-order chi connectivity index (χ0) is 14.9. The third-order valence-electron chi connectivity index (χ3n) is 2.96. The first-order valence-corrected chi connectivity index (χ1v) is 7.47. The normalized spacial score (nSPS) is 10.4. The molecule has 0 spiro atoms. The van der Waals surface area contributed by atoms with Crippen LogP contribution in [0.15, 0.2) is 34.8 Å². The van der Waals surface area contributed by atoms with Gasteiger partial charge in [0, 0.05) is 4.47 Å². The van der Waals surface area contributed by atoms with Gasteiger partial charge in [-0.2, -0.15) is 0 Å². The van der Waals surface area contributed by atoms with Crippen molar-refractivity contribution in [3.8, 4) is 0 Å². The molecule has 5 heteroatoms. The van der Waals surface area contributed by atoms with Crippen molar-refractivity contribution in [3.63, 3.8) is 0 Å². The highest BCUT2D eigenvalue weighted by Gasteiger charge is 2.15. The zero-order valence-electron chi connectivity index (χ0n) is 10.9. The molecule has 0 radical (unpaired) electrons. The van der Waals surface area contributed by atoms with Gasteiger partial charge in [-0.15, -0.1) is 0 Å². The van der Waals surface area contributed by atoms with E-state index in [4.69, 9.17) is 23.2 Å². The van der Waals surface area contributed by atoms with E-state index in [1.807, 2.05) is 32.0 Å². The van der Waals surface area contributed by atoms with Gasteiger partial charge in [0.05, 0.1) is 21.3 Å². The Labute approximate surface area is 136 Å². The molecule has 0 saturated carbocycles. The summed E-state index contributed by atoms with van der Waals surface area (Å²) in [6.45, 7) is 3.78. The summed E-state index contributed by atoms with van der Waals surface area (Å²) in [6, 6.07) is 9.01. The van der Waals surface area contributed by atoms with Crippen molar-refractivity contribution in [1.82, 2.24) is 0 Å². The second kappa shape index (κ2) is 6.17. The number of amides is 1. The van der Waals surface area contributed by atoms with Gasteiger partial charge in [-0.05, 0) is 53.0 Å². The summed E-state index contributed by atoms with van der Waals surface area (Å²) in [5.41, 5.74) is 2.82. The molecule has 0 saturated heterocycles. The van der Waals surface area contributed by atoms with Crippen molar-refractivity contribution in [2.24, 2.45) is 0 Å². The minimum absolute atomic E-state index is 0.255. The summed E-state index contributed by atoms with van der Waals surface area (Å²) in [4.78, 5) is 12.3. The summed E-state index contributed by atoms with van der Waals surface area (Å²) in [5, 5.41) is 3.64. The first-order chi connectivity index (χ1) is 9.41. The second-order valence-corrected chi connectivity index (χ2v) is 6.02. The lowest BCUT2D eigenvalue weighted by molar-refractivity contribution is 0.102. The molecule has 1 amide bonds. The lowest BCUT2D eigenvalue weighted by Crippen LogP contribution is -2.14. The predicted octanol–water partition coefficient (Wildman–Crippen LogP) is 5.63. The number of nitrogens with one attached hydrogen (secondary N) is 1. The Kier molecular flexibility index (Phi) is 4.74. The van der Waals surface area contributed by atoms with Crippen LogP contribution in [0.2, 0.25) is 10.0 Å². The molecule has 0 unspecified atom stereocenters. The largest absolute Gasteiger partial charge is 0.319 e. The summed E-state index contributed by atoms with van der Waals surface area (Å²) < 4.78 is 0.761. The van der Waals surface area contributed by atoms with Crippen molar-refractivity contribution in [1.29, 1.82) is 0 Å². The van der Waals surface area contributed by atoms with E-state index in [-0.39, 0.29) is 5.91 Å². The molecule has 0 aliphatic carbocycles. The standard InChI is InChI=1S/C15H12BrCl2NO/c1-8-4-3-5-10(12(8)16)15(20)19-14-11(17)7-6-9(2)13(14)18/h3-7H,1-2H3,(H,19,20). The van der Waals surface area contributed by atoms with Crippen LogP contribution in [-0.2, 0) is 0 Å². The number of rotatable bonds is 2. The fraction of sp³-hybridized carbons (Fsp3) is 0.133. The Morgan fingerprint density at radius 2 is 1.80 bits per heavy atom. The van der Waals surface area contributed by atoms with E-state index in [1.54, 1.807) is 12.1 Å². The first-order valence-electron chi connectivity index (χ1n) is 5.93. The van der Waals surface area contributed by atoms with Crippen LogP contribution < -0.4 is 5.32 Å². The summed E-state index contributed by atoms with van der Waals surface area (Å²) in [5.74, 6) is -0.255. The van der Waals surface area contributed by atoms with Crippen LogP contribution in [-0.4, -0.2) is 5.91 Å². The fourth-order valence-corrected chi connectivity index (χ4v) is 2.68. The molecule has 2 aromatic rings. The molecule has 2 aromatic carbocycles. The Morgan fingerprint density at radius 3 is 2.50 bits per heavy atom. The van der Waals surface area contributed by atoms with Gasteiger partial charge in [-0.1, -0.05) is 41.4 Å². The van der Waals surface area contributed by atoms with Crippen molar-refractivity contribution < 1.29 is 4.79 Å². The minimum Gasteiger partial charge on any atom is -0.319 e. The first kappa shape index (κ1) is 15.4. The number of aryl methyl sites for hydroxylation is 2. The van der Waals surface area contributed by atoms with Crippen molar-refractivity contribution in [2.45, 2.75) is 13.8 Å². The Hall–Kier alpha value is -1.03. The molecule has 2 nitrogen and oxygen atoms in total. The van der Waals surface area contributed by atoms with E-state index in [1.165, 1.54) is 0 Å². The highest BCUT2D eigenvalue weighted by Crippen LogP contribution is 2.33. The number of hydrogen-bond acceptors (Lipinski definition) is 1. The molecule has 0 aliphatic rings. The average molecular weight is 373 g/mol. The molecule has 0 heterocycles. The Morgan fingerprint density at radius 1 is 1.10 bits per heavy atom. The van der Waals surface area contributed by atoms with Gasteiger partial charge in [-0.25, -0.2) is 0 Å². The molecule has 0 fully saturated rings. The lowest BCUT2D eigenvalue weighted by Gasteiger charge is -2.12. The van der Waals surface area contributed by atoms with E-state index in [0.717, 1.165) is 15.6 Å². The Bertz CT molecular complexity index is 686. The molecule has 0 atom stereocenters. The highest BCUT2D eigenvalue weighted by molar-refractivity contribution is 9.10. The van der Waals surface area contributed by atoms with Crippen LogP contribution in [0.5, 0.6) is 0 Å².